The van der Waals surface area contributed by atoms with E-state index in [0.29, 0.717) is 18.6 Å². The lowest BCUT2D eigenvalue weighted by molar-refractivity contribution is -0.153. The van der Waals surface area contributed by atoms with Gasteiger partial charge in [0.1, 0.15) is 5.78 Å². The molecule has 2 aliphatic rings. The summed E-state index contributed by atoms with van der Waals surface area (Å²) >= 11 is 0. The third-order valence-corrected chi connectivity index (χ3v) is 4.23. The molecule has 0 heterocycles. The Bertz CT molecular complexity index is 468. The Kier molecular flexibility index (Phi) is 2.96. The van der Waals surface area contributed by atoms with Gasteiger partial charge in [-0.1, -0.05) is 31.6 Å². The summed E-state index contributed by atoms with van der Waals surface area (Å²) in [4.78, 5) is 24.2. The Morgan fingerprint density at radius 2 is 2.11 bits per heavy atom. The molecule has 0 bridgehead atoms. The summed E-state index contributed by atoms with van der Waals surface area (Å²) in [5, 5.41) is 0. The number of rotatable bonds is 2. The van der Waals surface area contributed by atoms with Crippen LogP contribution in [0.2, 0.25) is 0 Å². The van der Waals surface area contributed by atoms with Crippen LogP contribution in [0.4, 0.5) is 0 Å². The van der Waals surface area contributed by atoms with Crippen molar-refractivity contribution in [3.8, 4) is 0 Å². The summed E-state index contributed by atoms with van der Waals surface area (Å²) in [5.41, 5.74) is 2.19. The second kappa shape index (κ2) is 4.08. The first-order chi connectivity index (χ1) is 8.32. The van der Waals surface area contributed by atoms with Gasteiger partial charge in [0.25, 0.3) is 0 Å². The highest BCUT2D eigenvalue weighted by atomic mass is 16.5. The van der Waals surface area contributed by atoms with Crippen LogP contribution in [0.5, 0.6) is 0 Å². The van der Waals surface area contributed by atoms with Gasteiger partial charge in [-0.25, -0.2) is 4.79 Å². The Hall–Kier alpha value is -1.38. The van der Waals surface area contributed by atoms with Gasteiger partial charge in [-0.15, -0.1) is 0 Å². The van der Waals surface area contributed by atoms with Gasteiger partial charge in [0, 0.05) is 16.9 Å². The lowest BCUT2D eigenvalue weighted by Gasteiger charge is -2.53. The van der Waals surface area contributed by atoms with Crippen LogP contribution in [0.25, 0.3) is 0 Å². The predicted octanol–water partition coefficient (Wildman–Crippen LogP) is 2.67. The van der Waals surface area contributed by atoms with E-state index in [1.165, 1.54) is 0 Å². The molecule has 18 heavy (non-hydrogen) atoms. The average molecular weight is 248 g/mol. The maximum absolute atomic E-state index is 12.2. The SMILES string of the molecule is C=C1CC(C)=C(C(=O)OCC)[C@H]2C(=O)C(C)(C)[C@@H]12. The smallest absolute Gasteiger partial charge is 0.334 e. The second-order valence-corrected chi connectivity index (χ2v) is 5.79. The minimum atomic E-state index is -0.389. The minimum Gasteiger partial charge on any atom is -0.463 e. The quantitative estimate of drug-likeness (QED) is 0.557. The van der Waals surface area contributed by atoms with E-state index in [0.717, 1.165) is 11.1 Å². The van der Waals surface area contributed by atoms with Crippen molar-refractivity contribution < 1.29 is 14.3 Å². The molecule has 2 aliphatic carbocycles. The van der Waals surface area contributed by atoms with Gasteiger partial charge in [0.05, 0.1) is 12.5 Å². The molecule has 0 spiro atoms. The van der Waals surface area contributed by atoms with Crippen molar-refractivity contribution in [2.24, 2.45) is 17.3 Å². The van der Waals surface area contributed by atoms with Gasteiger partial charge in [-0.05, 0) is 20.3 Å². The summed E-state index contributed by atoms with van der Waals surface area (Å²) in [6.45, 7) is 12.0. The van der Waals surface area contributed by atoms with Gasteiger partial charge in [-0.3, -0.25) is 4.79 Å². The summed E-state index contributed by atoms with van der Waals surface area (Å²) in [5.74, 6) is -0.425. The van der Waals surface area contributed by atoms with Gasteiger partial charge < -0.3 is 4.74 Å². The van der Waals surface area contributed by atoms with E-state index in [2.05, 4.69) is 6.58 Å². The topological polar surface area (TPSA) is 43.4 Å². The van der Waals surface area contributed by atoms with Crippen LogP contribution in [0.3, 0.4) is 0 Å². The first-order valence-electron chi connectivity index (χ1n) is 6.41. The van der Waals surface area contributed by atoms with Crippen molar-refractivity contribution >= 4 is 11.8 Å². The minimum absolute atomic E-state index is 0.0908. The molecule has 2 atom stereocenters. The number of carbonyl (C=O) groups is 2. The molecular formula is C15H20O3. The highest BCUT2D eigenvalue weighted by Crippen LogP contribution is 2.57. The Balaban J connectivity index is 2.41. The third kappa shape index (κ3) is 1.57. The van der Waals surface area contributed by atoms with E-state index in [-0.39, 0.29) is 29.0 Å². The summed E-state index contributed by atoms with van der Waals surface area (Å²) in [6.07, 6.45) is 0.700. The van der Waals surface area contributed by atoms with Gasteiger partial charge in [-0.2, -0.15) is 0 Å². The maximum Gasteiger partial charge on any atom is 0.334 e. The van der Waals surface area contributed by atoms with Crippen molar-refractivity contribution in [1.82, 2.24) is 0 Å². The van der Waals surface area contributed by atoms with Crippen molar-refractivity contribution in [1.29, 1.82) is 0 Å². The van der Waals surface area contributed by atoms with Crippen LogP contribution in [-0.2, 0) is 14.3 Å². The zero-order valence-corrected chi connectivity index (χ0v) is 11.5. The summed E-state index contributed by atoms with van der Waals surface area (Å²) < 4.78 is 5.08. The van der Waals surface area contributed by atoms with Crippen LogP contribution in [-0.4, -0.2) is 18.4 Å². The third-order valence-electron chi connectivity index (χ3n) is 4.23. The number of hydrogen-bond donors (Lipinski definition) is 0. The largest absolute Gasteiger partial charge is 0.463 e. The maximum atomic E-state index is 12.2. The number of allylic oxidation sites excluding steroid dienone is 2. The standard InChI is InChI=1S/C15H20O3/c1-6-18-14(17)10-8(2)7-9(3)12-11(10)13(16)15(12,4)5/h11-12H,3,6-7H2,1-2,4-5H3/t11-,12+/m1/s1. The number of hydrogen-bond acceptors (Lipinski definition) is 3. The molecule has 1 fully saturated rings. The molecule has 0 N–H and O–H groups in total. The highest BCUT2D eigenvalue weighted by molar-refractivity contribution is 6.05. The summed E-state index contributed by atoms with van der Waals surface area (Å²) in [7, 11) is 0. The molecule has 0 aromatic rings. The van der Waals surface area contributed by atoms with Crippen LogP contribution in [0, 0.1) is 17.3 Å². The zero-order chi connectivity index (χ0) is 13.7. The van der Waals surface area contributed by atoms with E-state index >= 15 is 0 Å². The van der Waals surface area contributed by atoms with Crippen molar-refractivity contribution in [3.63, 3.8) is 0 Å². The van der Waals surface area contributed by atoms with Crippen LogP contribution >= 0.6 is 0 Å². The monoisotopic (exact) mass is 248 g/mol. The molecule has 0 aliphatic heterocycles. The molecule has 0 saturated heterocycles. The molecule has 98 valence electrons. The second-order valence-electron chi connectivity index (χ2n) is 5.79. The van der Waals surface area contributed by atoms with Crippen molar-refractivity contribution in [2.75, 3.05) is 6.61 Å². The fourth-order valence-corrected chi connectivity index (χ4v) is 3.39. The molecule has 0 radical (unpaired) electrons. The van der Waals surface area contributed by atoms with Crippen LogP contribution in [0.1, 0.15) is 34.1 Å². The number of fused-ring (bicyclic) bond motifs is 1. The molecule has 0 aromatic carbocycles. The Morgan fingerprint density at radius 3 is 2.67 bits per heavy atom. The molecular weight excluding hydrogens is 228 g/mol. The zero-order valence-electron chi connectivity index (χ0n) is 11.5. The molecule has 0 amide bonds. The van der Waals surface area contributed by atoms with Crippen LogP contribution in [0.15, 0.2) is 23.3 Å². The number of carbonyl (C=O) groups excluding carboxylic acids is 2. The molecule has 2 rings (SSSR count). The molecule has 0 unspecified atom stereocenters. The number of Topliss-reactive ketones (excluding diaryl/α,β-unsaturated/α-hetero) is 1. The average Bonchev–Trinajstić information content (AvgIpc) is 2.27. The van der Waals surface area contributed by atoms with Crippen molar-refractivity contribution in [3.05, 3.63) is 23.3 Å². The lowest BCUT2D eigenvalue weighted by atomic mass is 9.47. The number of esters is 1. The van der Waals surface area contributed by atoms with Crippen molar-refractivity contribution in [2.45, 2.75) is 34.1 Å². The Morgan fingerprint density at radius 1 is 1.50 bits per heavy atom. The van der Waals surface area contributed by atoms with E-state index in [9.17, 15) is 9.59 Å². The Labute approximate surface area is 108 Å². The summed E-state index contributed by atoms with van der Waals surface area (Å²) in [6, 6.07) is 0. The fourth-order valence-electron chi connectivity index (χ4n) is 3.39. The molecule has 3 nitrogen and oxygen atoms in total. The first kappa shape index (κ1) is 13.1. The van der Waals surface area contributed by atoms with E-state index in [1.54, 1.807) is 6.92 Å². The molecule has 1 saturated carbocycles. The van der Waals surface area contributed by atoms with Gasteiger partial charge >= 0.3 is 5.97 Å². The fraction of sp³-hybridized carbons (Fsp3) is 0.600. The van der Waals surface area contributed by atoms with E-state index in [1.807, 2.05) is 20.8 Å². The van der Waals surface area contributed by atoms with Gasteiger partial charge in [0.2, 0.25) is 0 Å². The number of ether oxygens (including phenoxy) is 1. The lowest BCUT2D eigenvalue weighted by Crippen LogP contribution is -2.58. The first-order valence-corrected chi connectivity index (χ1v) is 6.41. The highest BCUT2D eigenvalue weighted by Gasteiger charge is 2.60. The van der Waals surface area contributed by atoms with Gasteiger partial charge in [0.15, 0.2) is 0 Å². The van der Waals surface area contributed by atoms with Crippen LogP contribution < -0.4 is 0 Å². The normalized spacial score (nSPS) is 29.8. The molecule has 3 heteroatoms. The molecule has 0 aromatic heterocycles. The predicted molar refractivity (Wildman–Crippen MR) is 68.9 cm³/mol. The number of ketones is 1. The van der Waals surface area contributed by atoms with E-state index < -0.39 is 0 Å². The van der Waals surface area contributed by atoms with E-state index in [4.69, 9.17) is 4.74 Å².